The predicted octanol–water partition coefficient (Wildman–Crippen LogP) is 7.43. The van der Waals surface area contributed by atoms with Gasteiger partial charge in [-0.05, 0) is 67.9 Å². The summed E-state index contributed by atoms with van der Waals surface area (Å²) < 4.78 is 63.8. The second-order valence-electron chi connectivity index (χ2n) is 9.00. The van der Waals surface area contributed by atoms with E-state index in [4.69, 9.17) is 27.9 Å². The summed E-state index contributed by atoms with van der Waals surface area (Å²) in [5, 5.41) is 3.45. The molecule has 0 aliphatic rings. The fourth-order valence-corrected chi connectivity index (χ4v) is 6.18. The van der Waals surface area contributed by atoms with Crippen LogP contribution in [0.1, 0.15) is 35.3 Å². The zero-order valence-electron chi connectivity index (χ0n) is 21.9. The Morgan fingerprint density at radius 2 is 1.63 bits per heavy atom. The maximum atomic E-state index is 15.0. The Balaban J connectivity index is 1.56. The first-order valence-electron chi connectivity index (χ1n) is 12.6. The van der Waals surface area contributed by atoms with Crippen LogP contribution >= 0.6 is 23.2 Å². The van der Waals surface area contributed by atoms with Gasteiger partial charge in [0, 0.05) is 23.2 Å². The zero-order valence-corrected chi connectivity index (χ0v) is 24.2. The van der Waals surface area contributed by atoms with Crippen LogP contribution < -0.4 is 14.4 Å². The minimum atomic E-state index is -4.39. The molecule has 0 spiro atoms. The van der Waals surface area contributed by atoms with Gasteiger partial charge in [0.05, 0.1) is 33.8 Å². The number of hydrogen-bond donors (Lipinski definition) is 1. The monoisotopic (exact) mass is 618 g/mol. The molecule has 0 saturated heterocycles. The highest BCUT2D eigenvalue weighted by molar-refractivity contribution is 7.92. The number of halogens is 4. The molecule has 0 bridgehead atoms. The van der Waals surface area contributed by atoms with E-state index in [0.717, 1.165) is 22.5 Å². The third-order valence-corrected chi connectivity index (χ3v) is 8.70. The van der Waals surface area contributed by atoms with Gasteiger partial charge in [-0.3, -0.25) is 9.10 Å². The zero-order chi connectivity index (χ0) is 29.6. The largest absolute Gasteiger partial charge is 0.493 e. The van der Waals surface area contributed by atoms with Gasteiger partial charge in [-0.1, -0.05) is 53.5 Å². The molecule has 0 saturated carbocycles. The summed E-state index contributed by atoms with van der Waals surface area (Å²) in [4.78, 5) is 12.2. The number of hydrogen-bond acceptors (Lipinski definition) is 4. The van der Waals surface area contributed by atoms with Crippen LogP contribution in [0, 0.1) is 11.6 Å². The first-order valence-corrected chi connectivity index (χ1v) is 14.8. The summed E-state index contributed by atoms with van der Waals surface area (Å²) in [6.07, 6.45) is 0.435. The SMILES string of the molecule is CC(c1ccccc1OCCCNC(=O)c1ccccc1Cl)N(c1cc(F)ccc1F)S(=O)(=O)c1ccc(Cl)cc1. The van der Waals surface area contributed by atoms with E-state index in [2.05, 4.69) is 5.32 Å². The van der Waals surface area contributed by atoms with Gasteiger partial charge in [0.2, 0.25) is 0 Å². The van der Waals surface area contributed by atoms with E-state index in [0.29, 0.717) is 39.9 Å². The Hall–Kier alpha value is -3.66. The molecule has 1 N–H and O–H groups in total. The molecule has 0 aromatic heterocycles. The molecule has 0 fully saturated rings. The van der Waals surface area contributed by atoms with E-state index in [9.17, 15) is 17.6 Å². The van der Waals surface area contributed by atoms with Crippen LogP contribution in [0.15, 0.2) is 95.9 Å². The number of rotatable bonds is 11. The number of ether oxygens (including phenoxy) is 1. The maximum absolute atomic E-state index is 15.0. The van der Waals surface area contributed by atoms with E-state index >= 15 is 4.39 Å². The van der Waals surface area contributed by atoms with Crippen molar-refractivity contribution in [2.45, 2.75) is 24.3 Å². The standard InChI is InChI=1S/C30H26Cl2F2N2O4S/c1-20(36(28-19-22(33)13-16-27(28)34)41(38,39)23-14-11-21(31)12-15-23)24-7-3-5-10-29(24)40-18-6-17-35-30(37)25-8-2-4-9-26(25)32/h2-5,7-16,19-20H,6,17-18H2,1H3,(H,35,37). The summed E-state index contributed by atoms with van der Waals surface area (Å²) in [5.41, 5.74) is 0.333. The van der Waals surface area contributed by atoms with Gasteiger partial charge < -0.3 is 10.1 Å². The molecule has 0 heterocycles. The van der Waals surface area contributed by atoms with Gasteiger partial charge in [0.25, 0.3) is 15.9 Å². The smallest absolute Gasteiger partial charge is 0.264 e. The van der Waals surface area contributed by atoms with Crippen LogP contribution in [0.2, 0.25) is 10.0 Å². The quantitative estimate of drug-likeness (QED) is 0.177. The minimum Gasteiger partial charge on any atom is -0.493 e. The molecule has 4 rings (SSSR count). The third-order valence-electron chi connectivity index (χ3n) is 6.22. The van der Waals surface area contributed by atoms with Crippen LogP contribution in [0.5, 0.6) is 5.75 Å². The van der Waals surface area contributed by atoms with Crippen molar-refractivity contribution in [2.24, 2.45) is 0 Å². The topological polar surface area (TPSA) is 75.7 Å². The van der Waals surface area contributed by atoms with E-state index < -0.39 is 33.4 Å². The van der Waals surface area contributed by atoms with Gasteiger partial charge in [-0.2, -0.15) is 0 Å². The molecule has 41 heavy (non-hydrogen) atoms. The number of nitrogens with zero attached hydrogens (tertiary/aromatic N) is 1. The number of carbonyl (C=O) groups is 1. The molecule has 1 amide bonds. The van der Waals surface area contributed by atoms with Gasteiger partial charge in [0.1, 0.15) is 17.4 Å². The van der Waals surface area contributed by atoms with Crippen molar-refractivity contribution >= 4 is 44.8 Å². The maximum Gasteiger partial charge on any atom is 0.264 e. The summed E-state index contributed by atoms with van der Waals surface area (Å²) in [7, 11) is -4.39. The number of carbonyl (C=O) groups excluding carboxylic acids is 1. The summed E-state index contributed by atoms with van der Waals surface area (Å²) in [6.45, 7) is 2.04. The average Bonchev–Trinajstić information content (AvgIpc) is 2.95. The molecule has 4 aromatic rings. The van der Waals surface area contributed by atoms with Crippen LogP contribution in [-0.4, -0.2) is 27.5 Å². The van der Waals surface area contributed by atoms with Crippen molar-refractivity contribution in [1.82, 2.24) is 5.32 Å². The molecule has 6 nitrogen and oxygen atoms in total. The number of sulfonamides is 1. The normalized spacial score (nSPS) is 12.0. The fraction of sp³-hybridized carbons (Fsp3) is 0.167. The Morgan fingerprint density at radius 1 is 0.951 bits per heavy atom. The molecule has 11 heteroatoms. The Kier molecular flexibility index (Phi) is 9.86. The molecular weight excluding hydrogens is 593 g/mol. The second-order valence-corrected chi connectivity index (χ2v) is 11.7. The highest BCUT2D eigenvalue weighted by Crippen LogP contribution is 2.38. The lowest BCUT2D eigenvalue weighted by Crippen LogP contribution is -2.34. The molecule has 0 radical (unpaired) electrons. The summed E-state index contributed by atoms with van der Waals surface area (Å²) in [5.74, 6) is -1.67. The van der Waals surface area contributed by atoms with E-state index in [1.165, 1.54) is 24.3 Å². The number of anilines is 1. The van der Waals surface area contributed by atoms with Gasteiger partial charge >= 0.3 is 0 Å². The lowest BCUT2D eigenvalue weighted by atomic mass is 10.1. The van der Waals surface area contributed by atoms with Crippen molar-refractivity contribution in [3.8, 4) is 5.75 Å². The fourth-order valence-electron chi connectivity index (χ4n) is 4.20. The Labute approximate surface area is 247 Å². The van der Waals surface area contributed by atoms with Crippen LogP contribution in [0.4, 0.5) is 14.5 Å². The molecule has 4 aromatic carbocycles. The third kappa shape index (κ3) is 7.16. The molecule has 0 aliphatic heterocycles. The molecule has 1 unspecified atom stereocenters. The Morgan fingerprint density at radius 3 is 2.37 bits per heavy atom. The molecule has 0 aliphatic carbocycles. The van der Waals surface area contributed by atoms with Crippen molar-refractivity contribution in [3.05, 3.63) is 124 Å². The van der Waals surface area contributed by atoms with Gasteiger partial charge in [-0.25, -0.2) is 17.2 Å². The minimum absolute atomic E-state index is 0.148. The molecule has 214 valence electrons. The van der Waals surface area contributed by atoms with Crippen molar-refractivity contribution in [3.63, 3.8) is 0 Å². The number of benzene rings is 4. The lowest BCUT2D eigenvalue weighted by molar-refractivity contribution is 0.0951. The van der Waals surface area contributed by atoms with Crippen molar-refractivity contribution in [1.29, 1.82) is 0 Å². The lowest BCUT2D eigenvalue weighted by Gasteiger charge is -2.32. The summed E-state index contributed by atoms with van der Waals surface area (Å²) >= 11 is 12.0. The second kappa shape index (κ2) is 13.3. The highest BCUT2D eigenvalue weighted by Gasteiger charge is 2.34. The Bertz CT molecular complexity index is 1640. The first-order chi connectivity index (χ1) is 19.6. The molecular formula is C30H26Cl2F2N2O4S. The van der Waals surface area contributed by atoms with E-state index in [1.807, 2.05) is 0 Å². The first kappa shape index (κ1) is 30.3. The van der Waals surface area contributed by atoms with E-state index in [1.54, 1.807) is 55.5 Å². The predicted molar refractivity (Wildman–Crippen MR) is 156 cm³/mol. The van der Waals surface area contributed by atoms with Crippen LogP contribution in [0.25, 0.3) is 0 Å². The molecule has 1 atom stereocenters. The van der Waals surface area contributed by atoms with E-state index in [-0.39, 0.29) is 17.4 Å². The average molecular weight is 620 g/mol. The summed E-state index contributed by atoms with van der Waals surface area (Å²) in [6, 6.07) is 20.4. The number of para-hydroxylation sites is 1. The number of nitrogens with one attached hydrogen (secondary N) is 1. The highest BCUT2D eigenvalue weighted by atomic mass is 35.5. The van der Waals surface area contributed by atoms with Gasteiger partial charge in [0.15, 0.2) is 0 Å². The van der Waals surface area contributed by atoms with Crippen LogP contribution in [-0.2, 0) is 10.0 Å². The van der Waals surface area contributed by atoms with Gasteiger partial charge in [-0.15, -0.1) is 0 Å². The number of amides is 1. The van der Waals surface area contributed by atoms with Crippen LogP contribution in [0.3, 0.4) is 0 Å². The van der Waals surface area contributed by atoms with Crippen molar-refractivity contribution < 1.29 is 26.7 Å². The van der Waals surface area contributed by atoms with Crippen molar-refractivity contribution in [2.75, 3.05) is 17.5 Å².